The first kappa shape index (κ1) is 12.1. The van der Waals surface area contributed by atoms with Crippen LogP contribution in [0.1, 0.15) is 18.4 Å². The zero-order chi connectivity index (χ0) is 12.5. The number of fused-ring (bicyclic) bond motifs is 1. The Balaban J connectivity index is 1.64. The summed E-state index contributed by atoms with van der Waals surface area (Å²) >= 11 is 0. The quantitative estimate of drug-likeness (QED) is 0.867. The number of halogens is 2. The number of likely N-dealkylation sites (tertiary alicyclic amines) is 1. The zero-order valence-electron chi connectivity index (χ0n) is 10.3. The molecule has 2 heterocycles. The number of nitrogens with one attached hydrogen (secondary N) is 1. The fraction of sp³-hybridized carbons (Fsp3) is 0.571. The summed E-state index contributed by atoms with van der Waals surface area (Å²) in [5, 5.41) is 3.54. The molecule has 0 amide bonds. The summed E-state index contributed by atoms with van der Waals surface area (Å²) in [5.74, 6) is -0.790. The normalized spacial score (nSPS) is 28.3. The fourth-order valence-electron chi connectivity index (χ4n) is 3.16. The van der Waals surface area contributed by atoms with Gasteiger partial charge in [-0.25, -0.2) is 8.78 Å². The Morgan fingerprint density at radius 1 is 1.22 bits per heavy atom. The Hall–Kier alpha value is -1.00. The highest BCUT2D eigenvalue weighted by Gasteiger charge is 2.33. The molecule has 3 rings (SSSR count). The molecule has 4 heteroatoms. The highest BCUT2D eigenvalue weighted by molar-refractivity contribution is 5.18. The van der Waals surface area contributed by atoms with Crippen LogP contribution in [0.5, 0.6) is 0 Å². The Morgan fingerprint density at radius 3 is 2.89 bits per heavy atom. The van der Waals surface area contributed by atoms with Gasteiger partial charge in [-0.1, -0.05) is 6.07 Å². The van der Waals surface area contributed by atoms with E-state index in [1.54, 1.807) is 6.07 Å². The fourth-order valence-corrected chi connectivity index (χ4v) is 3.16. The third-order valence-corrected chi connectivity index (χ3v) is 4.07. The van der Waals surface area contributed by atoms with Gasteiger partial charge in [-0.3, -0.25) is 4.90 Å². The second-order valence-corrected chi connectivity index (χ2v) is 5.41. The molecule has 2 aliphatic rings. The van der Waals surface area contributed by atoms with Crippen LogP contribution in [0.3, 0.4) is 0 Å². The van der Waals surface area contributed by atoms with Gasteiger partial charge in [0.05, 0.1) is 0 Å². The maximum Gasteiger partial charge on any atom is 0.159 e. The number of rotatable bonds is 2. The van der Waals surface area contributed by atoms with E-state index in [0.717, 1.165) is 31.1 Å². The summed E-state index contributed by atoms with van der Waals surface area (Å²) in [7, 11) is 0. The van der Waals surface area contributed by atoms with Gasteiger partial charge in [0.2, 0.25) is 0 Å². The van der Waals surface area contributed by atoms with Gasteiger partial charge < -0.3 is 5.32 Å². The van der Waals surface area contributed by atoms with E-state index in [-0.39, 0.29) is 0 Å². The molecule has 2 unspecified atom stereocenters. The Morgan fingerprint density at radius 2 is 2.11 bits per heavy atom. The monoisotopic (exact) mass is 252 g/mol. The SMILES string of the molecule is Fc1ccc(CN2CC3CCCNC3C2)cc1F. The first-order valence-electron chi connectivity index (χ1n) is 6.62. The average molecular weight is 252 g/mol. The van der Waals surface area contributed by atoms with Crippen LogP contribution in [0.2, 0.25) is 0 Å². The molecule has 0 radical (unpaired) electrons. The van der Waals surface area contributed by atoms with Crippen LogP contribution < -0.4 is 5.32 Å². The summed E-state index contributed by atoms with van der Waals surface area (Å²) in [5.41, 5.74) is 0.854. The average Bonchev–Trinajstić information content (AvgIpc) is 2.76. The maximum absolute atomic E-state index is 13.1. The van der Waals surface area contributed by atoms with Crippen LogP contribution in [0.15, 0.2) is 18.2 Å². The molecule has 1 N–H and O–H groups in total. The van der Waals surface area contributed by atoms with Crippen molar-refractivity contribution < 1.29 is 8.78 Å². The lowest BCUT2D eigenvalue weighted by Gasteiger charge is -2.24. The lowest BCUT2D eigenvalue weighted by molar-refractivity contribution is 0.312. The summed E-state index contributed by atoms with van der Waals surface area (Å²) in [6, 6.07) is 4.79. The second kappa shape index (κ2) is 4.94. The van der Waals surface area contributed by atoms with Crippen molar-refractivity contribution in [2.75, 3.05) is 19.6 Å². The van der Waals surface area contributed by atoms with E-state index in [4.69, 9.17) is 0 Å². The summed E-state index contributed by atoms with van der Waals surface area (Å²) < 4.78 is 26.0. The summed E-state index contributed by atoms with van der Waals surface area (Å²) in [6.07, 6.45) is 2.53. The molecule has 0 aliphatic carbocycles. The molecule has 98 valence electrons. The smallest absolute Gasteiger partial charge is 0.159 e. The van der Waals surface area contributed by atoms with Crippen molar-refractivity contribution in [3.8, 4) is 0 Å². The molecule has 1 aromatic carbocycles. The van der Waals surface area contributed by atoms with Crippen molar-refractivity contribution in [2.45, 2.75) is 25.4 Å². The van der Waals surface area contributed by atoms with Gasteiger partial charge in [-0.15, -0.1) is 0 Å². The Kier molecular flexibility index (Phi) is 3.31. The van der Waals surface area contributed by atoms with Crippen molar-refractivity contribution in [3.63, 3.8) is 0 Å². The van der Waals surface area contributed by atoms with Crippen LogP contribution in [0.4, 0.5) is 8.78 Å². The van der Waals surface area contributed by atoms with Gasteiger partial charge in [0.1, 0.15) is 0 Å². The van der Waals surface area contributed by atoms with Gasteiger partial charge in [0, 0.05) is 25.7 Å². The van der Waals surface area contributed by atoms with E-state index < -0.39 is 11.6 Å². The van der Waals surface area contributed by atoms with Crippen LogP contribution in [0, 0.1) is 17.6 Å². The van der Waals surface area contributed by atoms with E-state index in [2.05, 4.69) is 10.2 Å². The molecule has 1 aromatic rings. The van der Waals surface area contributed by atoms with Gasteiger partial charge in [0.15, 0.2) is 11.6 Å². The molecule has 18 heavy (non-hydrogen) atoms. The molecule has 0 bridgehead atoms. The van der Waals surface area contributed by atoms with Gasteiger partial charge in [-0.2, -0.15) is 0 Å². The minimum Gasteiger partial charge on any atom is -0.312 e. The van der Waals surface area contributed by atoms with E-state index in [1.807, 2.05) is 0 Å². The van der Waals surface area contributed by atoms with Gasteiger partial charge in [-0.05, 0) is 43.0 Å². The van der Waals surface area contributed by atoms with Crippen LogP contribution in [-0.4, -0.2) is 30.6 Å². The summed E-state index contributed by atoms with van der Waals surface area (Å²) in [6.45, 7) is 3.91. The predicted octanol–water partition coefficient (Wildman–Crippen LogP) is 2.15. The minimum absolute atomic E-state index is 0.587. The lowest BCUT2D eigenvalue weighted by atomic mass is 9.94. The molecular weight excluding hydrogens is 234 g/mol. The van der Waals surface area contributed by atoms with E-state index in [0.29, 0.717) is 12.6 Å². The van der Waals surface area contributed by atoms with Crippen molar-refractivity contribution in [3.05, 3.63) is 35.4 Å². The zero-order valence-corrected chi connectivity index (χ0v) is 10.3. The second-order valence-electron chi connectivity index (χ2n) is 5.41. The van der Waals surface area contributed by atoms with Crippen molar-refractivity contribution in [2.24, 2.45) is 5.92 Å². The van der Waals surface area contributed by atoms with E-state index >= 15 is 0 Å². The van der Waals surface area contributed by atoms with Crippen LogP contribution in [-0.2, 0) is 6.54 Å². The van der Waals surface area contributed by atoms with Gasteiger partial charge in [0.25, 0.3) is 0 Å². The van der Waals surface area contributed by atoms with Crippen molar-refractivity contribution >= 4 is 0 Å². The lowest BCUT2D eigenvalue weighted by Crippen LogP contribution is -2.40. The highest BCUT2D eigenvalue weighted by Crippen LogP contribution is 2.26. The Bertz CT molecular complexity index is 422. The Labute approximate surface area is 106 Å². The van der Waals surface area contributed by atoms with Crippen molar-refractivity contribution in [1.29, 1.82) is 0 Å². The number of nitrogens with zero attached hydrogens (tertiary/aromatic N) is 1. The molecule has 2 aliphatic heterocycles. The molecule has 2 nitrogen and oxygen atoms in total. The number of hydrogen-bond donors (Lipinski definition) is 1. The van der Waals surface area contributed by atoms with Crippen LogP contribution >= 0.6 is 0 Å². The molecule has 2 atom stereocenters. The minimum atomic E-state index is -0.768. The first-order chi connectivity index (χ1) is 8.72. The number of piperidine rings is 1. The predicted molar refractivity (Wildman–Crippen MR) is 66.1 cm³/mol. The van der Waals surface area contributed by atoms with Crippen molar-refractivity contribution in [1.82, 2.24) is 10.2 Å². The topological polar surface area (TPSA) is 15.3 Å². The standard InChI is InChI=1S/C14H18F2N2/c15-12-4-3-10(6-13(12)16)7-18-8-11-2-1-5-17-14(11)9-18/h3-4,6,11,14,17H,1-2,5,7-9H2. The highest BCUT2D eigenvalue weighted by atomic mass is 19.2. The number of hydrogen-bond acceptors (Lipinski definition) is 2. The largest absolute Gasteiger partial charge is 0.312 e. The molecular formula is C14H18F2N2. The molecule has 0 aromatic heterocycles. The van der Waals surface area contributed by atoms with E-state index in [9.17, 15) is 8.78 Å². The molecule has 0 saturated carbocycles. The summed E-state index contributed by atoms with van der Waals surface area (Å²) in [4.78, 5) is 2.33. The van der Waals surface area contributed by atoms with Gasteiger partial charge >= 0.3 is 0 Å². The van der Waals surface area contributed by atoms with E-state index in [1.165, 1.54) is 25.0 Å². The third-order valence-electron chi connectivity index (χ3n) is 4.07. The van der Waals surface area contributed by atoms with Crippen LogP contribution in [0.25, 0.3) is 0 Å². The maximum atomic E-state index is 13.1. The third kappa shape index (κ3) is 2.40. The molecule has 0 spiro atoms. The first-order valence-corrected chi connectivity index (χ1v) is 6.62. The molecule has 2 fully saturated rings. The molecule has 2 saturated heterocycles. The number of benzene rings is 1.